The normalized spacial score (nSPS) is 26.6. The number of hydrogen-bond acceptors (Lipinski definition) is 6. The molecule has 1 amide bonds. The third kappa shape index (κ3) is 3.63. The van der Waals surface area contributed by atoms with Crippen LogP contribution in [0.15, 0.2) is 10.8 Å². The molecule has 0 aliphatic carbocycles. The number of nitrogens with zero attached hydrogens (tertiary/aromatic N) is 3. The van der Waals surface area contributed by atoms with Gasteiger partial charge in [-0.2, -0.15) is 0 Å². The Morgan fingerprint density at radius 3 is 2.67 bits per heavy atom. The summed E-state index contributed by atoms with van der Waals surface area (Å²) in [6, 6.07) is 0.516. The predicted molar refractivity (Wildman–Crippen MR) is 87.8 cm³/mol. The lowest BCUT2D eigenvalue weighted by molar-refractivity contribution is -0.00758. The fourth-order valence-electron chi connectivity index (χ4n) is 3.77. The minimum absolute atomic E-state index is 0.0734. The number of hydrogen-bond donors (Lipinski definition) is 1. The standard InChI is InChI=1S/C17H27N3O4/c1-12-16(18-11-24-12)17(22)20-7-3-14(15(21)4-8-20)19(2)13-5-9-23-10-6-13/h11,13-15,21H,3-10H2,1-2H3/t14-,15-/m0/s1. The number of carbonyl (C=O) groups is 1. The second-order valence-electron chi connectivity index (χ2n) is 6.77. The number of amides is 1. The Morgan fingerprint density at radius 2 is 2.00 bits per heavy atom. The van der Waals surface area contributed by atoms with E-state index in [1.54, 1.807) is 11.8 Å². The van der Waals surface area contributed by atoms with Crippen LogP contribution in [-0.4, -0.2) is 77.3 Å². The number of aliphatic hydroxyl groups excluding tert-OH is 1. The Morgan fingerprint density at radius 1 is 1.29 bits per heavy atom. The first-order chi connectivity index (χ1) is 11.6. The van der Waals surface area contributed by atoms with Crippen LogP contribution < -0.4 is 0 Å². The second-order valence-corrected chi connectivity index (χ2v) is 6.77. The van der Waals surface area contributed by atoms with Gasteiger partial charge >= 0.3 is 0 Å². The Hall–Kier alpha value is -1.44. The summed E-state index contributed by atoms with van der Waals surface area (Å²) >= 11 is 0. The molecule has 7 heteroatoms. The van der Waals surface area contributed by atoms with E-state index >= 15 is 0 Å². The monoisotopic (exact) mass is 337 g/mol. The van der Waals surface area contributed by atoms with Gasteiger partial charge in [-0.05, 0) is 39.7 Å². The zero-order valence-electron chi connectivity index (χ0n) is 14.5. The topological polar surface area (TPSA) is 79.0 Å². The summed E-state index contributed by atoms with van der Waals surface area (Å²) in [4.78, 5) is 20.7. The smallest absolute Gasteiger partial charge is 0.276 e. The van der Waals surface area contributed by atoms with Gasteiger partial charge in [0, 0.05) is 38.4 Å². The first kappa shape index (κ1) is 17.4. The second kappa shape index (κ2) is 7.63. The molecule has 2 aliphatic rings. The van der Waals surface area contributed by atoms with Crippen molar-refractivity contribution in [2.75, 3.05) is 33.4 Å². The minimum atomic E-state index is -0.422. The molecule has 2 saturated heterocycles. The Bertz CT molecular complexity index is 556. The van der Waals surface area contributed by atoms with Crippen molar-refractivity contribution in [3.8, 4) is 0 Å². The van der Waals surface area contributed by atoms with E-state index in [0.29, 0.717) is 37.0 Å². The van der Waals surface area contributed by atoms with E-state index in [-0.39, 0.29) is 11.9 Å². The Balaban J connectivity index is 1.64. The average molecular weight is 337 g/mol. The van der Waals surface area contributed by atoms with Gasteiger partial charge in [0.15, 0.2) is 12.1 Å². The van der Waals surface area contributed by atoms with E-state index in [4.69, 9.17) is 9.15 Å². The van der Waals surface area contributed by atoms with Gasteiger partial charge in [-0.25, -0.2) is 4.98 Å². The summed E-state index contributed by atoms with van der Waals surface area (Å²) in [6.07, 6.45) is 4.23. The van der Waals surface area contributed by atoms with Crippen molar-refractivity contribution in [2.45, 2.75) is 50.8 Å². The van der Waals surface area contributed by atoms with Gasteiger partial charge in [0.2, 0.25) is 0 Å². The highest BCUT2D eigenvalue weighted by Gasteiger charge is 2.34. The van der Waals surface area contributed by atoms with Crippen LogP contribution in [0.1, 0.15) is 41.9 Å². The number of ether oxygens (including phenoxy) is 1. The van der Waals surface area contributed by atoms with Gasteiger partial charge < -0.3 is 19.2 Å². The molecule has 1 N–H and O–H groups in total. The number of aromatic nitrogens is 1. The molecule has 24 heavy (non-hydrogen) atoms. The quantitative estimate of drug-likeness (QED) is 0.888. The summed E-state index contributed by atoms with van der Waals surface area (Å²) < 4.78 is 10.6. The van der Waals surface area contributed by atoms with Crippen molar-refractivity contribution in [1.29, 1.82) is 0 Å². The highest BCUT2D eigenvalue weighted by molar-refractivity contribution is 5.93. The number of carbonyl (C=O) groups excluding carboxylic acids is 1. The summed E-state index contributed by atoms with van der Waals surface area (Å²) in [7, 11) is 2.09. The molecule has 1 aromatic rings. The third-order valence-electron chi connectivity index (χ3n) is 5.36. The average Bonchev–Trinajstić information content (AvgIpc) is 2.93. The van der Waals surface area contributed by atoms with Crippen LogP contribution >= 0.6 is 0 Å². The maximum absolute atomic E-state index is 12.6. The van der Waals surface area contributed by atoms with Gasteiger partial charge in [0.25, 0.3) is 5.91 Å². The van der Waals surface area contributed by atoms with Crippen molar-refractivity contribution in [2.24, 2.45) is 0 Å². The van der Waals surface area contributed by atoms with Crippen molar-refractivity contribution in [3.63, 3.8) is 0 Å². The Kier molecular flexibility index (Phi) is 5.53. The van der Waals surface area contributed by atoms with Gasteiger partial charge in [-0.3, -0.25) is 9.69 Å². The molecule has 2 fully saturated rings. The van der Waals surface area contributed by atoms with E-state index in [9.17, 15) is 9.90 Å². The molecular weight excluding hydrogens is 310 g/mol. The zero-order valence-corrected chi connectivity index (χ0v) is 14.5. The molecule has 0 aromatic carbocycles. The predicted octanol–water partition coefficient (Wildman–Crippen LogP) is 1.06. The van der Waals surface area contributed by atoms with E-state index in [1.165, 1.54) is 6.39 Å². The lowest BCUT2D eigenvalue weighted by atomic mass is 9.99. The molecule has 0 spiro atoms. The van der Waals surface area contributed by atoms with E-state index in [2.05, 4.69) is 16.9 Å². The summed E-state index contributed by atoms with van der Waals surface area (Å²) in [6.45, 7) is 4.49. The molecule has 134 valence electrons. The number of likely N-dealkylation sites (N-methyl/N-ethyl adjacent to an activating group) is 1. The van der Waals surface area contributed by atoms with Crippen molar-refractivity contribution < 1.29 is 19.1 Å². The molecule has 2 atom stereocenters. The molecule has 0 saturated carbocycles. The summed E-state index contributed by atoms with van der Waals surface area (Å²) in [5.74, 6) is 0.434. The maximum Gasteiger partial charge on any atom is 0.276 e. The fraction of sp³-hybridized carbons (Fsp3) is 0.765. The Labute approximate surface area is 142 Å². The third-order valence-corrected chi connectivity index (χ3v) is 5.36. The van der Waals surface area contributed by atoms with Gasteiger partial charge in [-0.1, -0.05) is 0 Å². The molecule has 3 heterocycles. The van der Waals surface area contributed by atoms with Crippen LogP contribution in [-0.2, 0) is 4.74 Å². The van der Waals surface area contributed by atoms with Gasteiger partial charge in [0.1, 0.15) is 5.76 Å². The van der Waals surface area contributed by atoms with Crippen molar-refractivity contribution in [1.82, 2.24) is 14.8 Å². The molecular formula is C17H27N3O4. The van der Waals surface area contributed by atoms with Crippen LogP contribution in [0.3, 0.4) is 0 Å². The van der Waals surface area contributed by atoms with E-state index < -0.39 is 6.10 Å². The molecule has 1 aromatic heterocycles. The first-order valence-electron chi connectivity index (χ1n) is 8.75. The number of rotatable bonds is 3. The molecule has 2 aliphatic heterocycles. The van der Waals surface area contributed by atoms with Crippen molar-refractivity contribution >= 4 is 5.91 Å². The molecule has 0 radical (unpaired) electrons. The summed E-state index contributed by atoms with van der Waals surface area (Å²) in [5, 5.41) is 10.6. The SMILES string of the molecule is Cc1ocnc1C(=O)N1CC[C@H](O)[C@@H](N(C)C2CCOCC2)CC1. The van der Waals surface area contributed by atoms with Crippen LogP contribution in [0, 0.1) is 6.92 Å². The number of oxazole rings is 1. The van der Waals surface area contributed by atoms with Crippen LogP contribution in [0.4, 0.5) is 0 Å². The van der Waals surface area contributed by atoms with Crippen LogP contribution in [0.25, 0.3) is 0 Å². The van der Waals surface area contributed by atoms with E-state index in [0.717, 1.165) is 32.5 Å². The summed E-state index contributed by atoms with van der Waals surface area (Å²) in [5.41, 5.74) is 0.376. The lowest BCUT2D eigenvalue weighted by Gasteiger charge is -2.38. The van der Waals surface area contributed by atoms with Gasteiger partial charge in [-0.15, -0.1) is 0 Å². The van der Waals surface area contributed by atoms with Gasteiger partial charge in [0.05, 0.1) is 6.10 Å². The highest BCUT2D eigenvalue weighted by Crippen LogP contribution is 2.23. The van der Waals surface area contributed by atoms with Crippen LogP contribution in [0.2, 0.25) is 0 Å². The largest absolute Gasteiger partial charge is 0.448 e. The van der Waals surface area contributed by atoms with E-state index in [1.807, 2.05) is 0 Å². The number of aryl methyl sites for hydroxylation is 1. The molecule has 3 rings (SSSR count). The maximum atomic E-state index is 12.6. The number of aliphatic hydroxyl groups is 1. The number of likely N-dealkylation sites (tertiary alicyclic amines) is 1. The molecule has 0 bridgehead atoms. The molecule has 0 unspecified atom stereocenters. The minimum Gasteiger partial charge on any atom is -0.448 e. The zero-order chi connectivity index (χ0) is 17.1. The fourth-order valence-corrected chi connectivity index (χ4v) is 3.77. The lowest BCUT2D eigenvalue weighted by Crippen LogP contribution is -2.48. The van der Waals surface area contributed by atoms with Crippen LogP contribution in [0.5, 0.6) is 0 Å². The first-order valence-corrected chi connectivity index (χ1v) is 8.75. The molecule has 7 nitrogen and oxygen atoms in total. The van der Waals surface area contributed by atoms with Crippen molar-refractivity contribution in [3.05, 3.63) is 17.8 Å². The highest BCUT2D eigenvalue weighted by atomic mass is 16.5.